The van der Waals surface area contributed by atoms with Crippen LogP contribution < -0.4 is 26.0 Å². The molecule has 3 aromatic rings. The summed E-state index contributed by atoms with van der Waals surface area (Å²) in [4.78, 5) is 129. The van der Waals surface area contributed by atoms with E-state index in [4.69, 9.17) is 4.74 Å². The molecular weight excluding hydrogens is 1200 g/mol. The molecule has 3 aliphatic rings. The second-order valence-corrected chi connectivity index (χ2v) is 24.7. The summed E-state index contributed by atoms with van der Waals surface area (Å²) in [5.41, 5.74) is 3.05. The first-order valence-corrected chi connectivity index (χ1v) is 32.4. The molecule has 0 saturated carbocycles. The molecule has 3 aliphatic heterocycles. The Morgan fingerprint density at radius 3 is 1.96 bits per heavy atom. The fourth-order valence-electron chi connectivity index (χ4n) is 11.2. The van der Waals surface area contributed by atoms with E-state index in [-0.39, 0.29) is 102 Å². The number of rotatable bonds is 33. The number of halogens is 2. The minimum atomic E-state index is -3.18. The fourth-order valence-corrected chi connectivity index (χ4v) is 12.1. The number of pyridine rings is 1. The molecule has 3 fully saturated rings. The van der Waals surface area contributed by atoms with Crippen molar-refractivity contribution in [3.05, 3.63) is 71.4 Å². The number of fused-ring (bicyclic) bond motifs is 1. The molecule has 25 nitrogen and oxygen atoms in total. The zero-order valence-corrected chi connectivity index (χ0v) is 52.7. The van der Waals surface area contributed by atoms with Gasteiger partial charge in [0.25, 0.3) is 11.8 Å². The van der Waals surface area contributed by atoms with Crippen molar-refractivity contribution in [1.29, 1.82) is 5.26 Å². The van der Waals surface area contributed by atoms with E-state index in [1.54, 1.807) is 43.9 Å². The molecule has 91 heavy (non-hydrogen) atoms. The lowest BCUT2D eigenvalue weighted by atomic mass is 9.92. The summed E-state index contributed by atoms with van der Waals surface area (Å²) in [6.07, 6.45) is 8.09. The number of benzene rings is 2. The highest BCUT2D eigenvalue weighted by Crippen LogP contribution is 2.32. The van der Waals surface area contributed by atoms with Crippen LogP contribution in [0.5, 0.6) is 5.75 Å². The van der Waals surface area contributed by atoms with Crippen LogP contribution in [0.2, 0.25) is 0 Å². The monoisotopic (exact) mass is 1290 g/mol. The van der Waals surface area contributed by atoms with Crippen molar-refractivity contribution in [1.82, 2.24) is 55.7 Å². The van der Waals surface area contributed by atoms with Gasteiger partial charge in [0.2, 0.25) is 29.5 Å². The molecule has 7 N–H and O–H groups in total. The molecule has 0 spiro atoms. The highest BCUT2D eigenvalue weighted by molar-refractivity contribution is 7.99. The lowest BCUT2D eigenvalue weighted by Gasteiger charge is -2.33. The van der Waals surface area contributed by atoms with Crippen molar-refractivity contribution >= 4 is 76.0 Å². The number of likely N-dealkylation sites (tertiary alicyclic amines) is 2. The maximum atomic E-state index is 13.9. The number of aromatic nitrogens is 1. The number of ether oxygens (including phenoxy) is 1. The Morgan fingerprint density at radius 2 is 1.34 bits per heavy atom. The predicted molar refractivity (Wildman–Crippen MR) is 335 cm³/mol. The summed E-state index contributed by atoms with van der Waals surface area (Å²) in [5.74, 6) is -7.10. The van der Waals surface area contributed by atoms with Gasteiger partial charge in [0.05, 0.1) is 63.0 Å². The standard InChI is InChI=1S/C63H88F2N12O13S/c1-45-11-13-46(14-12-45)7-5-9-54(78)68-22-34-91-43-53(71-55(79)39-72-25-27-73(40-58(82)83)29-31-75(42-60(86)87)32-30-74(28-26-72)41-59(84)85)62(89)69-20-4-2-3-10-56(80)76-23-18-47(19-24-76)8-6-33-90-49-15-16-52-51(35-49)50(17-21-67-52)61(88)70-38-57(81)77-44-63(64,65)36-48(77)37-66/h11-17,21,35,47-48,53H,2-10,18-20,22-34,36,38-44H2,1H3,(H,68,78)(H,69,89)(H,70,88)(H,71,79)(H,82,83)(H,84,85)(H,86,87)/t48-,53+/m1/s1. The average Bonchev–Trinajstić information content (AvgIpc) is 1.89. The fraction of sp³-hybridized carbons (Fsp3) is 0.603. The van der Waals surface area contributed by atoms with Gasteiger partial charge in [-0.3, -0.25) is 67.7 Å². The van der Waals surface area contributed by atoms with E-state index in [0.29, 0.717) is 99.6 Å². The Labute approximate surface area is 533 Å². The molecule has 0 aliphatic carbocycles. The summed E-state index contributed by atoms with van der Waals surface area (Å²) in [6.45, 7) is 3.54. The van der Waals surface area contributed by atoms with E-state index < -0.39 is 79.1 Å². The zero-order chi connectivity index (χ0) is 65.7. The summed E-state index contributed by atoms with van der Waals surface area (Å²) >= 11 is 1.39. The third kappa shape index (κ3) is 26.3. The lowest BCUT2D eigenvalue weighted by molar-refractivity contribution is -0.140. The van der Waals surface area contributed by atoms with Crippen LogP contribution in [-0.2, 0) is 44.8 Å². The molecule has 4 heterocycles. The van der Waals surface area contributed by atoms with Gasteiger partial charge in [0.15, 0.2) is 0 Å². The quantitative estimate of drug-likeness (QED) is 0.0431. The molecule has 28 heteroatoms. The van der Waals surface area contributed by atoms with E-state index in [1.165, 1.54) is 29.6 Å². The number of hydrogen-bond donors (Lipinski definition) is 7. The van der Waals surface area contributed by atoms with Crippen LogP contribution in [-0.4, -0.2) is 257 Å². The number of carbonyl (C=O) groups excluding carboxylic acids is 6. The largest absolute Gasteiger partial charge is 0.494 e. The van der Waals surface area contributed by atoms with E-state index in [0.717, 1.165) is 42.6 Å². The lowest BCUT2D eigenvalue weighted by Crippen LogP contribution is -2.53. The van der Waals surface area contributed by atoms with Crippen LogP contribution in [0.3, 0.4) is 0 Å². The van der Waals surface area contributed by atoms with Crippen molar-refractivity contribution in [2.45, 2.75) is 102 Å². The molecule has 2 atom stereocenters. The van der Waals surface area contributed by atoms with Gasteiger partial charge in [0, 0.05) is 121 Å². The van der Waals surface area contributed by atoms with Crippen molar-refractivity contribution in [2.24, 2.45) is 5.92 Å². The Hall–Kier alpha value is -7.58. The first kappa shape index (κ1) is 72.5. The van der Waals surface area contributed by atoms with Gasteiger partial charge in [-0.25, -0.2) is 8.78 Å². The van der Waals surface area contributed by atoms with Gasteiger partial charge in [-0.2, -0.15) is 17.0 Å². The summed E-state index contributed by atoms with van der Waals surface area (Å²) in [5, 5.41) is 49.8. The molecule has 0 bridgehead atoms. The number of piperidine rings is 1. The van der Waals surface area contributed by atoms with Gasteiger partial charge in [-0.05, 0) is 94.0 Å². The van der Waals surface area contributed by atoms with Crippen LogP contribution in [0.1, 0.15) is 92.1 Å². The molecular formula is C63H88F2N12O13S. The zero-order valence-electron chi connectivity index (χ0n) is 51.9. The van der Waals surface area contributed by atoms with Crippen LogP contribution in [0.25, 0.3) is 10.9 Å². The highest BCUT2D eigenvalue weighted by atomic mass is 32.2. The summed E-state index contributed by atoms with van der Waals surface area (Å²) in [7, 11) is 0. The SMILES string of the molecule is Cc1ccc(CCCC(=O)NCCSC[C@H](NC(=O)CN2CCN(CC(=O)O)CCN(CC(=O)O)CCN(CC(=O)O)CC2)C(=O)NCCCCCC(=O)N2CCC(CCCOc3ccc4nccc(C(=O)NCC(=O)N5CC(F)(F)C[C@@H]5C#N)c4c3)CC2)cc1. The van der Waals surface area contributed by atoms with Gasteiger partial charge in [-0.1, -0.05) is 36.2 Å². The molecule has 0 radical (unpaired) electrons. The van der Waals surface area contributed by atoms with Gasteiger partial charge < -0.3 is 51.1 Å². The normalized spacial score (nSPS) is 17.6. The second kappa shape index (κ2) is 37.7. The van der Waals surface area contributed by atoms with Crippen molar-refractivity contribution in [3.63, 3.8) is 0 Å². The number of carboxylic acids is 3. The van der Waals surface area contributed by atoms with E-state index in [2.05, 4.69) is 38.4 Å². The predicted octanol–water partition coefficient (Wildman–Crippen LogP) is 2.94. The molecule has 2 aromatic carbocycles. The van der Waals surface area contributed by atoms with Crippen molar-refractivity contribution in [2.75, 3.05) is 136 Å². The number of amides is 6. The Morgan fingerprint density at radius 1 is 0.714 bits per heavy atom. The van der Waals surface area contributed by atoms with Crippen LogP contribution >= 0.6 is 11.8 Å². The number of unbranched alkanes of at least 4 members (excludes halogenated alkanes) is 2. The van der Waals surface area contributed by atoms with Crippen LogP contribution in [0, 0.1) is 24.2 Å². The number of hydrogen-bond acceptors (Lipinski definition) is 17. The number of alkyl halides is 2. The average molecular weight is 1290 g/mol. The number of nitriles is 1. The van der Waals surface area contributed by atoms with Crippen LogP contribution in [0.4, 0.5) is 8.78 Å². The number of thioether (sulfide) groups is 1. The Bertz CT molecular complexity index is 2940. The highest BCUT2D eigenvalue weighted by Gasteiger charge is 2.47. The number of nitrogens with one attached hydrogen (secondary N) is 4. The molecule has 498 valence electrons. The first-order chi connectivity index (χ1) is 43.6. The van der Waals surface area contributed by atoms with E-state index in [9.17, 15) is 72.5 Å². The third-order valence-corrected chi connectivity index (χ3v) is 17.4. The second-order valence-electron chi connectivity index (χ2n) is 23.5. The number of carbonyl (C=O) groups is 9. The Kier molecular flexibility index (Phi) is 30.0. The van der Waals surface area contributed by atoms with Gasteiger partial charge >= 0.3 is 17.9 Å². The third-order valence-electron chi connectivity index (χ3n) is 16.3. The van der Waals surface area contributed by atoms with E-state index >= 15 is 0 Å². The van der Waals surface area contributed by atoms with Crippen molar-refractivity contribution < 1.29 is 72.0 Å². The molecule has 3 saturated heterocycles. The summed E-state index contributed by atoms with van der Waals surface area (Å²) < 4.78 is 33.9. The molecule has 1 aromatic heterocycles. The summed E-state index contributed by atoms with van der Waals surface area (Å²) in [6, 6.07) is 14.3. The van der Waals surface area contributed by atoms with Crippen molar-refractivity contribution in [3.8, 4) is 11.8 Å². The number of nitrogens with zero attached hydrogens (tertiary/aromatic N) is 8. The minimum absolute atomic E-state index is 0.0715. The molecule has 6 amide bonds. The maximum absolute atomic E-state index is 13.9. The number of aryl methyl sites for hydroxylation is 2. The molecule has 0 unspecified atom stereocenters. The van der Waals surface area contributed by atoms with Gasteiger partial charge in [0.1, 0.15) is 17.8 Å². The van der Waals surface area contributed by atoms with E-state index in [1.807, 2.05) is 24.0 Å². The van der Waals surface area contributed by atoms with Gasteiger partial charge in [-0.15, -0.1) is 0 Å². The Balaban J connectivity index is 0.920. The maximum Gasteiger partial charge on any atom is 0.317 e. The topological polar surface area (TPSA) is 328 Å². The number of carboxylic acid groups (broad SMARTS) is 3. The number of aliphatic carboxylic acids is 3. The smallest absolute Gasteiger partial charge is 0.317 e. The molecule has 6 rings (SSSR count). The van der Waals surface area contributed by atoms with Crippen LogP contribution in [0.15, 0.2) is 54.7 Å². The first-order valence-electron chi connectivity index (χ1n) is 31.3. The minimum Gasteiger partial charge on any atom is -0.494 e.